The Kier molecular flexibility index (Phi) is 10.5. The van der Waals surface area contributed by atoms with Crippen LogP contribution in [0.2, 0.25) is 0 Å². The van der Waals surface area contributed by atoms with Gasteiger partial charge >= 0.3 is 6.09 Å². The average Bonchev–Trinajstić information content (AvgIpc) is 2.94. The average molecular weight is 619 g/mol. The van der Waals surface area contributed by atoms with Crippen LogP contribution >= 0.6 is 15.9 Å². The predicted molar refractivity (Wildman–Crippen MR) is 164 cm³/mol. The molecular formula is C32H34BrN4O4+. The summed E-state index contributed by atoms with van der Waals surface area (Å²) in [6, 6.07) is 22.7. The maximum absolute atomic E-state index is 12.7. The first-order valence-electron chi connectivity index (χ1n) is 13.7. The number of rotatable bonds is 11. The molecule has 0 fully saturated rings. The molecular weight excluding hydrogens is 584 g/mol. The quantitative estimate of drug-likeness (QED) is 0.131. The van der Waals surface area contributed by atoms with E-state index < -0.39 is 12.3 Å². The van der Waals surface area contributed by atoms with Crippen LogP contribution in [-0.2, 0) is 22.5 Å². The summed E-state index contributed by atoms with van der Waals surface area (Å²) in [5.74, 6) is -0.378. The van der Waals surface area contributed by atoms with Gasteiger partial charge in [-0.3, -0.25) is 14.9 Å². The van der Waals surface area contributed by atoms with Crippen molar-refractivity contribution in [3.8, 4) is 0 Å². The first-order chi connectivity index (χ1) is 19.8. The zero-order chi connectivity index (χ0) is 29.2. The van der Waals surface area contributed by atoms with Gasteiger partial charge in [0.05, 0.1) is 10.2 Å². The van der Waals surface area contributed by atoms with Crippen molar-refractivity contribution < 1.29 is 23.7 Å². The van der Waals surface area contributed by atoms with Gasteiger partial charge in [0, 0.05) is 23.9 Å². The largest absolute Gasteiger partial charge is 0.426 e. The van der Waals surface area contributed by atoms with E-state index in [1.807, 2.05) is 77.6 Å². The van der Waals surface area contributed by atoms with Crippen LogP contribution in [0.5, 0.6) is 0 Å². The Hall–Kier alpha value is -4.24. The van der Waals surface area contributed by atoms with Crippen LogP contribution < -0.4 is 20.5 Å². The van der Waals surface area contributed by atoms with E-state index in [0.29, 0.717) is 29.8 Å². The summed E-state index contributed by atoms with van der Waals surface area (Å²) in [7, 11) is 0. The third-order valence-electron chi connectivity index (χ3n) is 6.39. The molecule has 0 bridgehead atoms. The molecule has 0 aliphatic rings. The standard InChI is InChI=1S/C32H33BrN4O4/c1-3-18-37-20-25(19-26(33)21-37)31(39)35-27-16-14-23(15-17-27)8-6-13-30(38)34-22(2)41-32(40)36-29-12-7-10-24-9-4-5-11-28(24)29/h4-5,7,9-12,14-17,19-22H,3,6,8,13,18H2,1-2H3,(H2-,34,35,36,38,39,40)/p+1. The third-order valence-corrected chi connectivity index (χ3v) is 6.82. The number of pyridine rings is 1. The second kappa shape index (κ2) is 14.4. The molecule has 1 aromatic heterocycles. The van der Waals surface area contributed by atoms with E-state index in [-0.39, 0.29) is 18.2 Å². The van der Waals surface area contributed by atoms with Gasteiger partial charge in [0.15, 0.2) is 18.6 Å². The summed E-state index contributed by atoms with van der Waals surface area (Å²) >= 11 is 3.47. The topological polar surface area (TPSA) is 100 Å². The van der Waals surface area contributed by atoms with Gasteiger partial charge in [-0.05, 0) is 70.9 Å². The summed E-state index contributed by atoms with van der Waals surface area (Å²) in [4.78, 5) is 37.5. The summed E-state index contributed by atoms with van der Waals surface area (Å²) in [6.45, 7) is 4.54. The van der Waals surface area contributed by atoms with Crippen LogP contribution in [0.15, 0.2) is 89.7 Å². The molecule has 0 aliphatic heterocycles. The Morgan fingerprint density at radius 3 is 2.49 bits per heavy atom. The maximum atomic E-state index is 12.7. The summed E-state index contributed by atoms with van der Waals surface area (Å²) < 4.78 is 8.16. The first-order valence-corrected chi connectivity index (χ1v) is 14.4. The number of nitrogens with one attached hydrogen (secondary N) is 3. The summed E-state index contributed by atoms with van der Waals surface area (Å²) in [6.07, 6.45) is 4.96. The number of aromatic nitrogens is 1. The molecule has 4 aromatic rings. The highest BCUT2D eigenvalue weighted by Gasteiger charge is 2.15. The Morgan fingerprint density at radius 2 is 1.71 bits per heavy atom. The number of fused-ring (bicyclic) bond motifs is 1. The highest BCUT2D eigenvalue weighted by molar-refractivity contribution is 9.10. The molecule has 0 aliphatic carbocycles. The number of amides is 3. The van der Waals surface area contributed by atoms with Gasteiger partial charge in [0.2, 0.25) is 5.91 Å². The van der Waals surface area contributed by atoms with E-state index in [1.54, 1.807) is 19.1 Å². The molecule has 9 heteroatoms. The van der Waals surface area contributed by atoms with E-state index >= 15 is 0 Å². The fourth-order valence-electron chi connectivity index (χ4n) is 4.48. The number of carbonyl (C=O) groups is 3. The molecule has 41 heavy (non-hydrogen) atoms. The molecule has 0 radical (unpaired) electrons. The van der Waals surface area contributed by atoms with Crippen LogP contribution in [-0.4, -0.2) is 24.1 Å². The normalized spacial score (nSPS) is 11.5. The molecule has 3 aromatic carbocycles. The molecule has 8 nitrogen and oxygen atoms in total. The minimum absolute atomic E-state index is 0.178. The number of aryl methyl sites for hydroxylation is 2. The lowest BCUT2D eigenvalue weighted by Gasteiger charge is -2.16. The molecule has 3 N–H and O–H groups in total. The minimum atomic E-state index is -0.776. The number of halogens is 1. The molecule has 1 atom stereocenters. The molecule has 4 rings (SSSR count). The molecule has 212 valence electrons. The summed E-state index contributed by atoms with van der Waals surface area (Å²) in [5.41, 5.74) is 2.97. The van der Waals surface area contributed by atoms with E-state index in [9.17, 15) is 14.4 Å². The van der Waals surface area contributed by atoms with Crippen LogP contribution in [0, 0.1) is 0 Å². The number of benzene rings is 3. The molecule has 1 heterocycles. The van der Waals surface area contributed by atoms with E-state index in [1.165, 1.54) is 0 Å². The van der Waals surface area contributed by atoms with Gasteiger partial charge in [-0.1, -0.05) is 55.5 Å². The molecule has 0 saturated carbocycles. The number of hydrogen-bond acceptors (Lipinski definition) is 4. The molecule has 0 saturated heterocycles. The Bertz CT molecular complexity index is 1520. The highest BCUT2D eigenvalue weighted by Crippen LogP contribution is 2.23. The Balaban J connectivity index is 1.18. The number of nitrogens with zero attached hydrogens (tertiary/aromatic N) is 1. The van der Waals surface area contributed by atoms with Crippen molar-refractivity contribution >= 4 is 56.0 Å². The van der Waals surface area contributed by atoms with E-state index in [4.69, 9.17) is 4.74 Å². The van der Waals surface area contributed by atoms with Crippen molar-refractivity contribution in [1.29, 1.82) is 0 Å². The number of ether oxygens (including phenoxy) is 1. The van der Waals surface area contributed by atoms with Crippen LogP contribution in [0.1, 0.15) is 49.0 Å². The van der Waals surface area contributed by atoms with Gasteiger partial charge in [-0.25, -0.2) is 9.36 Å². The van der Waals surface area contributed by atoms with Crippen molar-refractivity contribution in [3.63, 3.8) is 0 Å². The van der Waals surface area contributed by atoms with Crippen molar-refractivity contribution in [3.05, 3.63) is 101 Å². The van der Waals surface area contributed by atoms with Crippen LogP contribution in [0.3, 0.4) is 0 Å². The zero-order valence-corrected chi connectivity index (χ0v) is 24.7. The first kappa shape index (κ1) is 29.7. The zero-order valence-electron chi connectivity index (χ0n) is 23.2. The molecule has 0 spiro atoms. The lowest BCUT2D eigenvalue weighted by atomic mass is 10.1. The van der Waals surface area contributed by atoms with Crippen molar-refractivity contribution in [2.75, 3.05) is 10.6 Å². The van der Waals surface area contributed by atoms with Crippen molar-refractivity contribution in [2.24, 2.45) is 0 Å². The van der Waals surface area contributed by atoms with Crippen LogP contribution in [0.25, 0.3) is 10.8 Å². The van der Waals surface area contributed by atoms with Gasteiger partial charge in [-0.15, -0.1) is 0 Å². The van der Waals surface area contributed by atoms with Crippen molar-refractivity contribution in [2.45, 2.75) is 52.3 Å². The SMILES string of the molecule is CCC[n+]1cc(Br)cc(C(=O)Nc2ccc(CCCC(=O)NC(C)OC(=O)Nc3cccc4ccccc34)cc2)c1. The second-order valence-corrected chi connectivity index (χ2v) is 10.7. The minimum Gasteiger partial charge on any atom is -0.426 e. The fourth-order valence-corrected chi connectivity index (χ4v) is 4.99. The predicted octanol–water partition coefficient (Wildman–Crippen LogP) is 6.59. The van der Waals surface area contributed by atoms with Gasteiger partial charge in [0.25, 0.3) is 5.91 Å². The number of hydrogen-bond donors (Lipinski definition) is 3. The van der Waals surface area contributed by atoms with Gasteiger partial charge in [0.1, 0.15) is 12.1 Å². The lowest BCUT2D eigenvalue weighted by molar-refractivity contribution is -0.697. The van der Waals surface area contributed by atoms with E-state index in [2.05, 4.69) is 38.8 Å². The Morgan fingerprint density at radius 1 is 0.951 bits per heavy atom. The smallest absolute Gasteiger partial charge is 0.413 e. The third kappa shape index (κ3) is 8.88. The molecule has 3 amide bonds. The molecule has 1 unspecified atom stereocenters. The monoisotopic (exact) mass is 617 g/mol. The Labute approximate surface area is 248 Å². The number of carbonyl (C=O) groups excluding carboxylic acids is 3. The summed E-state index contributed by atoms with van der Waals surface area (Å²) in [5, 5.41) is 10.3. The van der Waals surface area contributed by atoms with Gasteiger partial charge in [-0.2, -0.15) is 0 Å². The highest BCUT2D eigenvalue weighted by atomic mass is 79.9. The maximum Gasteiger partial charge on any atom is 0.413 e. The van der Waals surface area contributed by atoms with E-state index in [0.717, 1.165) is 33.8 Å². The van der Waals surface area contributed by atoms with Crippen LogP contribution in [0.4, 0.5) is 16.2 Å². The van der Waals surface area contributed by atoms with Gasteiger partial charge < -0.3 is 15.4 Å². The second-order valence-electron chi connectivity index (χ2n) is 9.75. The van der Waals surface area contributed by atoms with Crippen molar-refractivity contribution in [1.82, 2.24) is 5.32 Å². The lowest BCUT2D eigenvalue weighted by Crippen LogP contribution is -2.37. The fraction of sp³-hybridized carbons (Fsp3) is 0.250. The number of anilines is 2.